The summed E-state index contributed by atoms with van der Waals surface area (Å²) in [4.78, 5) is 11.7. The molecule has 0 radical (unpaired) electrons. The van der Waals surface area contributed by atoms with Gasteiger partial charge in [-0.2, -0.15) is 0 Å². The van der Waals surface area contributed by atoms with Gasteiger partial charge < -0.3 is 4.98 Å². The van der Waals surface area contributed by atoms with Crippen molar-refractivity contribution in [3.8, 4) is 11.8 Å². The van der Waals surface area contributed by atoms with E-state index in [2.05, 4.69) is 40.6 Å². The maximum Gasteiger partial charge on any atom is 0.131 e. The second-order valence-corrected chi connectivity index (χ2v) is 4.26. The largest absolute Gasteiger partial charge is 0.347 e. The van der Waals surface area contributed by atoms with Gasteiger partial charge in [0, 0.05) is 29.6 Å². The highest BCUT2D eigenvalue weighted by Crippen LogP contribution is 2.08. The van der Waals surface area contributed by atoms with Crippen molar-refractivity contribution in [1.29, 1.82) is 0 Å². The highest BCUT2D eigenvalue weighted by atomic mass is 14.9. The highest BCUT2D eigenvalue weighted by Gasteiger charge is 2.02. The lowest BCUT2D eigenvalue weighted by atomic mass is 10.2. The first kappa shape index (κ1) is 11.4. The number of hydrogen-bond donors (Lipinski definition) is 1. The quantitative estimate of drug-likeness (QED) is 0.758. The monoisotopic (exact) mass is 225 g/mol. The van der Waals surface area contributed by atoms with Gasteiger partial charge in [0.25, 0.3) is 0 Å². The molecule has 1 N–H and O–H groups in total. The van der Waals surface area contributed by atoms with E-state index in [4.69, 9.17) is 0 Å². The lowest BCUT2D eigenvalue weighted by Crippen LogP contribution is -1.89. The molecule has 0 atom stereocenters. The predicted octanol–water partition coefficient (Wildman–Crippen LogP) is 2.64. The molecule has 17 heavy (non-hydrogen) atoms. The number of imidazole rings is 1. The summed E-state index contributed by atoms with van der Waals surface area (Å²) in [6.07, 6.45) is 3.61. The molecule has 2 heterocycles. The van der Waals surface area contributed by atoms with Gasteiger partial charge in [0.1, 0.15) is 11.5 Å². The van der Waals surface area contributed by atoms with Crippen LogP contribution in [0.2, 0.25) is 0 Å². The van der Waals surface area contributed by atoms with Gasteiger partial charge in [0.2, 0.25) is 0 Å². The van der Waals surface area contributed by atoms with E-state index in [0.717, 1.165) is 22.8 Å². The zero-order valence-electron chi connectivity index (χ0n) is 10.3. The van der Waals surface area contributed by atoms with Crippen LogP contribution in [0, 0.1) is 18.8 Å². The average molecular weight is 225 g/mol. The SMILES string of the molecule is Cc1cc(C#Cc2c[nH]c(C(C)C)n2)ccn1. The number of nitrogens with zero attached hydrogens (tertiary/aromatic N) is 2. The van der Waals surface area contributed by atoms with Crippen LogP contribution < -0.4 is 0 Å². The summed E-state index contributed by atoms with van der Waals surface area (Å²) < 4.78 is 0. The molecule has 0 amide bonds. The Morgan fingerprint density at radius 3 is 2.76 bits per heavy atom. The van der Waals surface area contributed by atoms with Crippen LogP contribution in [0.3, 0.4) is 0 Å². The van der Waals surface area contributed by atoms with Crippen LogP contribution in [-0.2, 0) is 0 Å². The molecule has 0 aliphatic carbocycles. The normalized spacial score (nSPS) is 10.1. The van der Waals surface area contributed by atoms with Crippen LogP contribution in [0.15, 0.2) is 24.5 Å². The minimum atomic E-state index is 0.397. The fourth-order valence-electron chi connectivity index (χ4n) is 1.46. The van der Waals surface area contributed by atoms with Crippen molar-refractivity contribution in [2.24, 2.45) is 0 Å². The van der Waals surface area contributed by atoms with E-state index in [1.54, 1.807) is 6.20 Å². The molecule has 86 valence electrons. The van der Waals surface area contributed by atoms with Gasteiger partial charge in [-0.3, -0.25) is 4.98 Å². The molecule has 0 aliphatic rings. The van der Waals surface area contributed by atoms with E-state index < -0.39 is 0 Å². The first-order valence-corrected chi connectivity index (χ1v) is 5.65. The summed E-state index contributed by atoms with van der Waals surface area (Å²) in [5.41, 5.74) is 2.72. The van der Waals surface area contributed by atoms with E-state index in [-0.39, 0.29) is 0 Å². The summed E-state index contributed by atoms with van der Waals surface area (Å²) in [6.45, 7) is 6.15. The maximum absolute atomic E-state index is 4.40. The minimum Gasteiger partial charge on any atom is -0.347 e. The first-order chi connectivity index (χ1) is 8.15. The van der Waals surface area contributed by atoms with Gasteiger partial charge in [-0.1, -0.05) is 19.8 Å². The molecule has 0 spiro atoms. The van der Waals surface area contributed by atoms with Gasteiger partial charge in [-0.15, -0.1) is 0 Å². The molecule has 2 aromatic rings. The molecular formula is C14H15N3. The van der Waals surface area contributed by atoms with Crippen LogP contribution in [0.1, 0.15) is 42.5 Å². The van der Waals surface area contributed by atoms with E-state index in [9.17, 15) is 0 Å². The van der Waals surface area contributed by atoms with Crippen molar-refractivity contribution < 1.29 is 0 Å². The Kier molecular flexibility index (Phi) is 3.24. The summed E-state index contributed by atoms with van der Waals surface area (Å²) in [5, 5.41) is 0. The van der Waals surface area contributed by atoms with Crippen LogP contribution in [0.4, 0.5) is 0 Å². The number of hydrogen-bond acceptors (Lipinski definition) is 2. The third-order valence-corrected chi connectivity index (χ3v) is 2.38. The van der Waals surface area contributed by atoms with Crippen LogP contribution >= 0.6 is 0 Å². The molecule has 2 rings (SSSR count). The second-order valence-electron chi connectivity index (χ2n) is 4.26. The summed E-state index contributed by atoms with van der Waals surface area (Å²) in [6, 6.07) is 3.86. The highest BCUT2D eigenvalue weighted by molar-refractivity contribution is 5.39. The molecule has 0 aliphatic heterocycles. The smallest absolute Gasteiger partial charge is 0.131 e. The molecule has 2 aromatic heterocycles. The topological polar surface area (TPSA) is 41.6 Å². The molecule has 0 saturated carbocycles. The Bertz CT molecular complexity index is 570. The molecule has 0 fully saturated rings. The zero-order valence-corrected chi connectivity index (χ0v) is 10.3. The van der Waals surface area contributed by atoms with Gasteiger partial charge >= 0.3 is 0 Å². The maximum atomic E-state index is 4.40. The van der Waals surface area contributed by atoms with Crippen molar-refractivity contribution in [2.45, 2.75) is 26.7 Å². The van der Waals surface area contributed by atoms with Crippen LogP contribution in [0.25, 0.3) is 0 Å². The van der Waals surface area contributed by atoms with Gasteiger partial charge in [-0.25, -0.2) is 4.98 Å². The zero-order chi connectivity index (χ0) is 12.3. The summed E-state index contributed by atoms with van der Waals surface area (Å²) in [7, 11) is 0. The third-order valence-electron chi connectivity index (χ3n) is 2.38. The Balaban J connectivity index is 2.21. The fourth-order valence-corrected chi connectivity index (χ4v) is 1.46. The van der Waals surface area contributed by atoms with Crippen molar-refractivity contribution in [3.63, 3.8) is 0 Å². The number of rotatable bonds is 1. The van der Waals surface area contributed by atoms with Gasteiger partial charge in [0.15, 0.2) is 0 Å². The average Bonchev–Trinajstić information content (AvgIpc) is 2.75. The number of nitrogens with one attached hydrogen (secondary N) is 1. The minimum absolute atomic E-state index is 0.397. The number of aromatic nitrogens is 3. The lowest BCUT2D eigenvalue weighted by Gasteiger charge is -1.95. The molecule has 0 saturated heterocycles. The Morgan fingerprint density at radius 1 is 1.29 bits per heavy atom. The van der Waals surface area contributed by atoms with Crippen molar-refractivity contribution in [3.05, 3.63) is 47.3 Å². The lowest BCUT2D eigenvalue weighted by molar-refractivity contribution is 0.793. The van der Waals surface area contributed by atoms with Crippen molar-refractivity contribution in [1.82, 2.24) is 15.0 Å². The molecular weight excluding hydrogens is 210 g/mol. The Labute approximate surface area is 101 Å². The number of pyridine rings is 1. The van der Waals surface area contributed by atoms with Crippen molar-refractivity contribution >= 4 is 0 Å². The van der Waals surface area contributed by atoms with Crippen LogP contribution in [0.5, 0.6) is 0 Å². The fraction of sp³-hybridized carbons (Fsp3) is 0.286. The third kappa shape index (κ3) is 2.94. The molecule has 0 aromatic carbocycles. The van der Waals surface area contributed by atoms with E-state index in [1.165, 1.54) is 0 Å². The van der Waals surface area contributed by atoms with E-state index >= 15 is 0 Å². The van der Waals surface area contributed by atoms with Gasteiger partial charge in [0.05, 0.1) is 0 Å². The van der Waals surface area contributed by atoms with E-state index in [0.29, 0.717) is 5.92 Å². The van der Waals surface area contributed by atoms with Crippen LogP contribution in [-0.4, -0.2) is 15.0 Å². The van der Waals surface area contributed by atoms with E-state index in [1.807, 2.05) is 25.3 Å². The number of aromatic amines is 1. The van der Waals surface area contributed by atoms with Crippen molar-refractivity contribution in [2.75, 3.05) is 0 Å². The summed E-state index contributed by atoms with van der Waals surface area (Å²) >= 11 is 0. The standard InChI is InChI=1S/C14H15N3/c1-10(2)14-16-9-13(17-14)5-4-12-6-7-15-11(3)8-12/h6-10H,1-3H3,(H,16,17). The molecule has 3 heteroatoms. The summed E-state index contributed by atoms with van der Waals surface area (Å²) in [5.74, 6) is 7.49. The van der Waals surface area contributed by atoms with Gasteiger partial charge in [-0.05, 0) is 25.0 Å². The molecule has 3 nitrogen and oxygen atoms in total. The number of aryl methyl sites for hydroxylation is 1. The second kappa shape index (κ2) is 4.84. The number of H-pyrrole nitrogens is 1. The first-order valence-electron chi connectivity index (χ1n) is 5.65. The Morgan fingerprint density at radius 2 is 2.12 bits per heavy atom. The Hall–Kier alpha value is -2.08. The molecule has 0 bridgehead atoms. The molecule has 0 unspecified atom stereocenters. The predicted molar refractivity (Wildman–Crippen MR) is 67.6 cm³/mol.